The first-order valence-corrected chi connectivity index (χ1v) is 5.65. The molecular weight excluding hydrogens is 236 g/mol. The highest BCUT2D eigenvalue weighted by Crippen LogP contribution is 2.26. The van der Waals surface area contributed by atoms with Crippen LogP contribution in [0.4, 0.5) is 0 Å². The molecule has 0 aliphatic carbocycles. The van der Waals surface area contributed by atoms with Crippen LogP contribution in [-0.4, -0.2) is 0 Å². The number of allylic oxidation sites excluding steroid dienone is 2. The average Bonchev–Trinajstić information content (AvgIpc) is 2.02. The van der Waals surface area contributed by atoms with Crippen LogP contribution in [0, 0.1) is 11.3 Å². The number of rotatable bonds is 5. The summed E-state index contributed by atoms with van der Waals surface area (Å²) in [6, 6.07) is 0. The Kier molecular flexibility index (Phi) is 10.1. The lowest BCUT2D eigenvalue weighted by atomic mass is 9.82. The zero-order chi connectivity index (χ0) is 10.3. The van der Waals surface area contributed by atoms with Crippen molar-refractivity contribution in [2.75, 3.05) is 0 Å². The summed E-state index contributed by atoms with van der Waals surface area (Å²) in [5.74, 6) is 0.689. The summed E-state index contributed by atoms with van der Waals surface area (Å²) in [6.45, 7) is 11.5. The molecule has 0 N–H and O–H groups in total. The predicted molar refractivity (Wildman–Crippen MR) is 72.2 cm³/mol. The van der Waals surface area contributed by atoms with Crippen molar-refractivity contribution in [2.24, 2.45) is 11.3 Å². The fourth-order valence-electron chi connectivity index (χ4n) is 1.10. The summed E-state index contributed by atoms with van der Waals surface area (Å²) in [5, 5.41) is 0. The zero-order valence-corrected chi connectivity index (χ0v) is 12.2. The lowest BCUT2D eigenvalue weighted by Crippen LogP contribution is -2.14. The Bertz CT molecular complexity index is 142. The van der Waals surface area contributed by atoms with E-state index in [2.05, 4.69) is 46.8 Å². The van der Waals surface area contributed by atoms with Gasteiger partial charge in [-0.3, -0.25) is 0 Å². The summed E-state index contributed by atoms with van der Waals surface area (Å²) in [6.07, 6.45) is 10.0. The third kappa shape index (κ3) is 8.80. The van der Waals surface area contributed by atoms with Gasteiger partial charge in [0, 0.05) is 0 Å². The SMILES string of the molecule is Br.CCCCCC=CC(C)C(C)(C)C. The molecule has 0 amide bonds. The van der Waals surface area contributed by atoms with Gasteiger partial charge in [-0.15, -0.1) is 17.0 Å². The first-order chi connectivity index (χ1) is 5.98. The Morgan fingerprint density at radius 3 is 2.14 bits per heavy atom. The van der Waals surface area contributed by atoms with Crippen LogP contribution in [0.2, 0.25) is 0 Å². The second-order valence-corrected chi connectivity index (χ2v) is 5.08. The Hall–Kier alpha value is 0.220. The van der Waals surface area contributed by atoms with Gasteiger partial charge in [0.2, 0.25) is 0 Å². The molecule has 0 aliphatic rings. The molecule has 0 saturated carbocycles. The summed E-state index contributed by atoms with van der Waals surface area (Å²) in [5.41, 5.74) is 0.418. The van der Waals surface area contributed by atoms with Gasteiger partial charge in [-0.2, -0.15) is 0 Å². The van der Waals surface area contributed by atoms with Crippen LogP contribution in [0.25, 0.3) is 0 Å². The average molecular weight is 263 g/mol. The number of unbranched alkanes of at least 4 members (excludes halogenated alkanes) is 3. The molecule has 0 aromatic rings. The fraction of sp³-hybridized carbons (Fsp3) is 0.846. The van der Waals surface area contributed by atoms with Crippen molar-refractivity contribution in [3.8, 4) is 0 Å². The van der Waals surface area contributed by atoms with E-state index < -0.39 is 0 Å². The molecule has 0 radical (unpaired) electrons. The van der Waals surface area contributed by atoms with E-state index in [0.29, 0.717) is 11.3 Å². The molecule has 14 heavy (non-hydrogen) atoms. The van der Waals surface area contributed by atoms with Gasteiger partial charge >= 0.3 is 0 Å². The topological polar surface area (TPSA) is 0 Å². The van der Waals surface area contributed by atoms with Crippen molar-refractivity contribution in [2.45, 2.75) is 60.3 Å². The fourth-order valence-corrected chi connectivity index (χ4v) is 1.10. The highest BCUT2D eigenvalue weighted by molar-refractivity contribution is 8.93. The van der Waals surface area contributed by atoms with E-state index in [9.17, 15) is 0 Å². The molecule has 0 nitrogen and oxygen atoms in total. The molecule has 0 fully saturated rings. The molecule has 0 aliphatic heterocycles. The maximum atomic E-state index is 2.37. The lowest BCUT2D eigenvalue weighted by Gasteiger charge is -2.24. The van der Waals surface area contributed by atoms with Crippen molar-refractivity contribution < 1.29 is 0 Å². The van der Waals surface area contributed by atoms with Crippen molar-refractivity contribution in [3.05, 3.63) is 12.2 Å². The monoisotopic (exact) mass is 262 g/mol. The van der Waals surface area contributed by atoms with Crippen LogP contribution in [0.15, 0.2) is 12.2 Å². The Morgan fingerprint density at radius 2 is 1.71 bits per heavy atom. The van der Waals surface area contributed by atoms with Crippen LogP contribution < -0.4 is 0 Å². The van der Waals surface area contributed by atoms with Gasteiger partial charge in [-0.1, -0.05) is 59.6 Å². The first-order valence-electron chi connectivity index (χ1n) is 5.65. The molecule has 1 unspecified atom stereocenters. The molecule has 0 rings (SSSR count). The van der Waals surface area contributed by atoms with Gasteiger partial charge in [0.15, 0.2) is 0 Å². The molecule has 1 atom stereocenters. The van der Waals surface area contributed by atoms with E-state index in [0.717, 1.165) is 0 Å². The Labute approximate surface area is 101 Å². The molecule has 0 heterocycles. The van der Waals surface area contributed by atoms with E-state index >= 15 is 0 Å². The number of halogens is 1. The van der Waals surface area contributed by atoms with Crippen LogP contribution >= 0.6 is 17.0 Å². The second-order valence-electron chi connectivity index (χ2n) is 5.08. The van der Waals surface area contributed by atoms with E-state index in [1.165, 1.54) is 25.7 Å². The molecule has 0 saturated heterocycles. The zero-order valence-electron chi connectivity index (χ0n) is 10.5. The van der Waals surface area contributed by atoms with Crippen molar-refractivity contribution in [1.82, 2.24) is 0 Å². The standard InChI is InChI=1S/C13H26.BrH/c1-6-7-8-9-10-11-12(2)13(3,4)5;/h10-12H,6-9H2,1-5H3;1H. The normalized spacial score (nSPS) is 14.1. The largest absolute Gasteiger partial charge is 0.114 e. The molecule has 0 bridgehead atoms. The quantitative estimate of drug-likeness (QED) is 0.461. The van der Waals surface area contributed by atoms with Gasteiger partial charge in [-0.25, -0.2) is 0 Å². The van der Waals surface area contributed by atoms with Gasteiger partial charge in [0.1, 0.15) is 0 Å². The summed E-state index contributed by atoms with van der Waals surface area (Å²) < 4.78 is 0. The van der Waals surface area contributed by atoms with Crippen LogP contribution in [0.3, 0.4) is 0 Å². The molecule has 0 aromatic carbocycles. The Morgan fingerprint density at radius 1 is 1.14 bits per heavy atom. The van der Waals surface area contributed by atoms with Crippen LogP contribution in [0.1, 0.15) is 60.3 Å². The minimum atomic E-state index is 0. The highest BCUT2D eigenvalue weighted by Gasteiger charge is 2.16. The van der Waals surface area contributed by atoms with Gasteiger partial charge in [-0.05, 0) is 24.2 Å². The molecule has 1 heteroatoms. The number of hydrogen-bond acceptors (Lipinski definition) is 0. The van der Waals surface area contributed by atoms with Gasteiger partial charge in [0.25, 0.3) is 0 Å². The predicted octanol–water partition coefficient (Wildman–Crippen LogP) is 5.38. The number of hydrogen-bond donors (Lipinski definition) is 0. The maximum absolute atomic E-state index is 2.37. The summed E-state index contributed by atoms with van der Waals surface area (Å²) in [7, 11) is 0. The van der Waals surface area contributed by atoms with E-state index in [4.69, 9.17) is 0 Å². The smallest absolute Gasteiger partial charge is 0.0213 e. The van der Waals surface area contributed by atoms with E-state index in [1.54, 1.807) is 0 Å². The minimum Gasteiger partial charge on any atom is -0.114 e. The van der Waals surface area contributed by atoms with Crippen molar-refractivity contribution in [1.29, 1.82) is 0 Å². The third-order valence-electron chi connectivity index (χ3n) is 2.77. The summed E-state index contributed by atoms with van der Waals surface area (Å²) >= 11 is 0. The second kappa shape index (κ2) is 8.52. The van der Waals surface area contributed by atoms with E-state index in [1.807, 2.05) is 0 Å². The van der Waals surface area contributed by atoms with Crippen molar-refractivity contribution in [3.63, 3.8) is 0 Å². The summed E-state index contributed by atoms with van der Waals surface area (Å²) in [4.78, 5) is 0. The molecular formula is C13H27Br. The van der Waals surface area contributed by atoms with Gasteiger partial charge in [0.05, 0.1) is 0 Å². The molecule has 86 valence electrons. The van der Waals surface area contributed by atoms with E-state index in [-0.39, 0.29) is 17.0 Å². The Balaban J connectivity index is 0. The molecule has 0 aromatic heterocycles. The highest BCUT2D eigenvalue weighted by atomic mass is 79.9. The minimum absolute atomic E-state index is 0. The van der Waals surface area contributed by atoms with Gasteiger partial charge < -0.3 is 0 Å². The van der Waals surface area contributed by atoms with Crippen LogP contribution in [0.5, 0.6) is 0 Å². The van der Waals surface area contributed by atoms with Crippen LogP contribution in [-0.2, 0) is 0 Å². The van der Waals surface area contributed by atoms with Crippen molar-refractivity contribution >= 4 is 17.0 Å². The lowest BCUT2D eigenvalue weighted by molar-refractivity contribution is 0.314. The molecule has 0 spiro atoms. The third-order valence-corrected chi connectivity index (χ3v) is 2.77. The maximum Gasteiger partial charge on any atom is -0.0213 e. The first kappa shape index (κ1) is 16.6.